The molecule has 0 aromatic heterocycles. The van der Waals surface area contributed by atoms with Gasteiger partial charge in [0.25, 0.3) is 0 Å². The number of hydrogen-bond acceptors (Lipinski definition) is 3. The summed E-state index contributed by atoms with van der Waals surface area (Å²) in [6.45, 7) is 1.37. The first-order valence-corrected chi connectivity index (χ1v) is 5.12. The van der Waals surface area contributed by atoms with Crippen LogP contribution in [0.3, 0.4) is 0 Å². The number of hydrogen-bond donors (Lipinski definition) is 1. The van der Waals surface area contributed by atoms with Gasteiger partial charge in [-0.3, -0.25) is 0 Å². The number of nitrogen functional groups attached to an aromatic ring is 1. The maximum absolute atomic E-state index is 5.68. The van der Waals surface area contributed by atoms with Crippen molar-refractivity contribution in [3.63, 3.8) is 0 Å². The van der Waals surface area contributed by atoms with Gasteiger partial charge >= 0.3 is 0 Å². The lowest BCUT2D eigenvalue weighted by molar-refractivity contribution is -0.0796. The van der Waals surface area contributed by atoms with Crippen molar-refractivity contribution in [1.29, 1.82) is 0 Å². The number of benzene rings is 1. The fraction of sp³-hybridized carbons (Fsp3) is 0.333. The van der Waals surface area contributed by atoms with Crippen molar-refractivity contribution in [2.45, 2.75) is 6.10 Å². The topological polar surface area (TPSA) is 44.5 Å². The second-order valence-electron chi connectivity index (χ2n) is 3.00. The van der Waals surface area contributed by atoms with Crippen molar-refractivity contribution in [2.24, 2.45) is 0 Å². The Bertz CT molecular complexity index is 292. The molecule has 0 radical (unpaired) electrons. The molecule has 0 aliphatic carbocycles. The molecule has 2 N–H and O–H groups in total. The lowest BCUT2D eigenvalue weighted by Crippen LogP contribution is -2.38. The predicted molar refractivity (Wildman–Crippen MR) is 58.8 cm³/mol. The second kappa shape index (κ2) is 3.71. The number of halogens is 1. The van der Waals surface area contributed by atoms with E-state index in [-0.39, 0.29) is 6.10 Å². The molecular weight excluding hydrogens is 281 g/mol. The van der Waals surface area contributed by atoms with E-state index in [4.69, 9.17) is 15.2 Å². The minimum atomic E-state index is 0.206. The minimum Gasteiger partial charge on any atom is -0.485 e. The molecule has 2 rings (SSSR count). The molecule has 1 aliphatic heterocycles. The molecule has 1 aliphatic rings. The van der Waals surface area contributed by atoms with Gasteiger partial charge in [-0.2, -0.15) is 0 Å². The van der Waals surface area contributed by atoms with Crippen LogP contribution in [0.25, 0.3) is 0 Å². The van der Waals surface area contributed by atoms with E-state index in [1.165, 1.54) is 0 Å². The van der Waals surface area contributed by atoms with Crippen molar-refractivity contribution in [2.75, 3.05) is 18.9 Å². The SMILES string of the molecule is Nc1cc(I)cc(OC2COC2)c1. The van der Waals surface area contributed by atoms with Gasteiger partial charge < -0.3 is 15.2 Å². The molecule has 13 heavy (non-hydrogen) atoms. The first-order valence-electron chi connectivity index (χ1n) is 4.04. The van der Waals surface area contributed by atoms with Crippen LogP contribution in [0.15, 0.2) is 18.2 Å². The summed E-state index contributed by atoms with van der Waals surface area (Å²) in [5, 5.41) is 0. The Morgan fingerprint density at radius 2 is 2.15 bits per heavy atom. The summed E-state index contributed by atoms with van der Waals surface area (Å²) in [7, 11) is 0. The van der Waals surface area contributed by atoms with E-state index < -0.39 is 0 Å². The zero-order valence-electron chi connectivity index (χ0n) is 7.00. The van der Waals surface area contributed by atoms with Gasteiger partial charge in [-0.05, 0) is 34.7 Å². The molecule has 1 saturated heterocycles. The summed E-state index contributed by atoms with van der Waals surface area (Å²) in [6, 6.07) is 5.71. The van der Waals surface area contributed by atoms with Crippen molar-refractivity contribution >= 4 is 28.3 Å². The number of rotatable bonds is 2. The van der Waals surface area contributed by atoms with Crippen molar-refractivity contribution < 1.29 is 9.47 Å². The molecule has 0 bridgehead atoms. The van der Waals surface area contributed by atoms with Gasteiger partial charge in [0.15, 0.2) is 0 Å². The smallest absolute Gasteiger partial charge is 0.145 e. The van der Waals surface area contributed by atoms with Crippen LogP contribution in [0.4, 0.5) is 5.69 Å². The van der Waals surface area contributed by atoms with Gasteiger partial charge in [0.2, 0.25) is 0 Å². The molecule has 0 amide bonds. The highest BCUT2D eigenvalue weighted by molar-refractivity contribution is 14.1. The minimum absolute atomic E-state index is 0.206. The number of nitrogens with two attached hydrogens (primary N) is 1. The van der Waals surface area contributed by atoms with Gasteiger partial charge in [0.1, 0.15) is 11.9 Å². The molecule has 1 aromatic carbocycles. The Kier molecular flexibility index (Phi) is 2.59. The Balaban J connectivity index is 2.10. The van der Waals surface area contributed by atoms with Gasteiger partial charge in [0, 0.05) is 15.3 Å². The van der Waals surface area contributed by atoms with Gasteiger partial charge in [0.05, 0.1) is 13.2 Å². The van der Waals surface area contributed by atoms with E-state index >= 15 is 0 Å². The summed E-state index contributed by atoms with van der Waals surface area (Å²) < 4.78 is 11.7. The van der Waals surface area contributed by atoms with Crippen molar-refractivity contribution in [1.82, 2.24) is 0 Å². The van der Waals surface area contributed by atoms with Gasteiger partial charge in [-0.15, -0.1) is 0 Å². The van der Waals surface area contributed by atoms with E-state index in [0.29, 0.717) is 13.2 Å². The van der Waals surface area contributed by atoms with Crippen LogP contribution in [0, 0.1) is 3.57 Å². The molecule has 70 valence electrons. The van der Waals surface area contributed by atoms with Crippen LogP contribution in [0.1, 0.15) is 0 Å². The van der Waals surface area contributed by atoms with E-state index in [1.54, 1.807) is 0 Å². The Morgan fingerprint density at radius 1 is 1.38 bits per heavy atom. The summed E-state index contributed by atoms with van der Waals surface area (Å²) in [5.74, 6) is 0.831. The summed E-state index contributed by atoms with van der Waals surface area (Å²) >= 11 is 2.22. The zero-order valence-corrected chi connectivity index (χ0v) is 9.15. The van der Waals surface area contributed by atoms with Crippen LogP contribution in [0.5, 0.6) is 5.75 Å². The Hall–Kier alpha value is -0.490. The Labute approximate surface area is 90.3 Å². The third kappa shape index (κ3) is 2.25. The first kappa shape index (κ1) is 9.08. The molecule has 1 heterocycles. The maximum Gasteiger partial charge on any atom is 0.145 e. The molecule has 3 nitrogen and oxygen atoms in total. The molecule has 0 unspecified atom stereocenters. The molecule has 1 fully saturated rings. The van der Waals surface area contributed by atoms with Crippen molar-refractivity contribution in [3.8, 4) is 5.75 Å². The maximum atomic E-state index is 5.68. The molecule has 0 spiro atoms. The quantitative estimate of drug-likeness (QED) is 0.665. The third-order valence-electron chi connectivity index (χ3n) is 1.80. The standard InChI is InChI=1S/C9H10INO2/c10-6-1-7(11)3-8(2-6)13-9-4-12-5-9/h1-3,9H,4-5,11H2. The Morgan fingerprint density at radius 3 is 2.69 bits per heavy atom. The average molecular weight is 291 g/mol. The van der Waals surface area contributed by atoms with E-state index in [0.717, 1.165) is 15.0 Å². The first-order chi connectivity index (χ1) is 6.24. The predicted octanol–water partition coefficient (Wildman–Crippen LogP) is 1.65. The second-order valence-corrected chi connectivity index (χ2v) is 4.24. The van der Waals surface area contributed by atoms with Gasteiger partial charge in [-0.1, -0.05) is 0 Å². The van der Waals surface area contributed by atoms with Crippen molar-refractivity contribution in [3.05, 3.63) is 21.8 Å². The highest BCUT2D eigenvalue weighted by atomic mass is 127. The van der Waals surface area contributed by atoms with E-state index in [9.17, 15) is 0 Å². The monoisotopic (exact) mass is 291 g/mol. The summed E-state index contributed by atoms with van der Waals surface area (Å²) in [6.07, 6.45) is 0.206. The lowest BCUT2D eigenvalue weighted by Gasteiger charge is -2.26. The third-order valence-corrected chi connectivity index (χ3v) is 2.43. The molecule has 4 heteroatoms. The van der Waals surface area contributed by atoms with Crippen LogP contribution >= 0.6 is 22.6 Å². The number of anilines is 1. The number of ether oxygens (including phenoxy) is 2. The van der Waals surface area contributed by atoms with E-state index in [1.807, 2.05) is 18.2 Å². The average Bonchev–Trinajstić information content (AvgIpc) is 1.95. The molecule has 0 atom stereocenters. The fourth-order valence-corrected chi connectivity index (χ4v) is 1.79. The highest BCUT2D eigenvalue weighted by Crippen LogP contribution is 2.22. The normalized spacial score (nSPS) is 16.7. The summed E-state index contributed by atoms with van der Waals surface area (Å²) in [5.41, 5.74) is 6.42. The highest BCUT2D eigenvalue weighted by Gasteiger charge is 2.20. The fourth-order valence-electron chi connectivity index (χ4n) is 1.13. The van der Waals surface area contributed by atoms with Gasteiger partial charge in [-0.25, -0.2) is 0 Å². The lowest BCUT2D eigenvalue weighted by atomic mass is 10.3. The van der Waals surface area contributed by atoms with Crippen LogP contribution in [-0.4, -0.2) is 19.3 Å². The van der Waals surface area contributed by atoms with Crippen LogP contribution in [-0.2, 0) is 4.74 Å². The molecule has 0 saturated carbocycles. The summed E-state index contributed by atoms with van der Waals surface area (Å²) in [4.78, 5) is 0. The molecular formula is C9H10INO2. The largest absolute Gasteiger partial charge is 0.485 e. The van der Waals surface area contributed by atoms with Crippen LogP contribution in [0.2, 0.25) is 0 Å². The van der Waals surface area contributed by atoms with Crippen LogP contribution < -0.4 is 10.5 Å². The zero-order chi connectivity index (χ0) is 9.26. The molecule has 1 aromatic rings. The van der Waals surface area contributed by atoms with E-state index in [2.05, 4.69) is 22.6 Å².